The fourth-order valence-corrected chi connectivity index (χ4v) is 9.73. The second-order valence-corrected chi connectivity index (χ2v) is 15.4. The first-order valence-corrected chi connectivity index (χ1v) is 19.2. The molecule has 4 aliphatic rings. The van der Waals surface area contributed by atoms with Gasteiger partial charge in [-0.05, 0) is 142 Å². The number of fused-ring (bicyclic) bond motifs is 6. The van der Waals surface area contributed by atoms with E-state index in [1.807, 2.05) is 37.3 Å². The first-order valence-electron chi connectivity index (χ1n) is 19.2. The first-order chi connectivity index (χ1) is 25.1. The summed E-state index contributed by atoms with van der Waals surface area (Å²) in [4.78, 5) is 36.7. The molecule has 2 aromatic heterocycles. The van der Waals surface area contributed by atoms with Crippen LogP contribution in [-0.2, 0) is 54.0 Å². The van der Waals surface area contributed by atoms with Crippen LogP contribution in [0.5, 0.6) is 0 Å². The van der Waals surface area contributed by atoms with Gasteiger partial charge in [-0.25, -0.2) is 4.79 Å². The maximum atomic E-state index is 12.9. The lowest BCUT2D eigenvalue weighted by molar-refractivity contribution is -0.137. The van der Waals surface area contributed by atoms with Crippen LogP contribution >= 0.6 is 0 Å². The Morgan fingerprint density at radius 2 is 1.15 bits per heavy atom. The Morgan fingerprint density at radius 3 is 1.60 bits per heavy atom. The summed E-state index contributed by atoms with van der Waals surface area (Å²) >= 11 is 0. The van der Waals surface area contributed by atoms with E-state index in [-0.39, 0.29) is 12.5 Å². The van der Waals surface area contributed by atoms with Crippen LogP contribution in [0.2, 0.25) is 0 Å². The molecule has 0 spiro atoms. The summed E-state index contributed by atoms with van der Waals surface area (Å²) < 4.78 is 15.6. The summed E-state index contributed by atoms with van der Waals surface area (Å²) in [5.41, 5.74) is 8.81. The number of aromatic carboxylic acids is 1. The number of amides is 1. The van der Waals surface area contributed by atoms with Crippen LogP contribution in [0.3, 0.4) is 0 Å². The molecule has 4 aromatic rings. The lowest BCUT2D eigenvalue weighted by atomic mass is 9.75. The average molecular weight is 712 g/mol. The Bertz CT molecular complexity index is 1960. The zero-order chi connectivity index (χ0) is 36.5. The smallest absolute Gasteiger partial charge is 0.335 e. The predicted molar refractivity (Wildman–Crippen MR) is 200 cm³/mol. The quantitative estimate of drug-likeness (QED) is 0.220. The Morgan fingerprint density at radius 1 is 0.692 bits per heavy atom. The van der Waals surface area contributed by atoms with Crippen molar-refractivity contribution in [2.24, 2.45) is 37.8 Å². The number of hydrogen-bond donors (Lipinski definition) is 2. The standard InChI is InChI=1S/C23H30N2O4.C19H23NO3/c1-3-25(14-22(26)27)23(28)17-5-7-21-19(13-17)18-12-16(4-6-20(18)24(21)2)15-8-10-29-11-9-15;1-20-17-4-2-13(12-6-8-23-9-7-12)10-15(17)16-11-14(19(21)22)3-5-18(16)20/h5,7,13,15-16H,3-4,6,8-12,14H2,1-2H3,(H,26,27);3,5,11-13H,2,4,6-10H2,1H3,(H,21,22). The van der Waals surface area contributed by atoms with Gasteiger partial charge < -0.3 is 33.7 Å². The van der Waals surface area contributed by atoms with E-state index < -0.39 is 11.9 Å². The van der Waals surface area contributed by atoms with Crippen molar-refractivity contribution >= 4 is 39.7 Å². The molecule has 2 aromatic carbocycles. The second kappa shape index (κ2) is 15.4. The fourth-order valence-electron chi connectivity index (χ4n) is 9.73. The molecule has 278 valence electrons. The molecule has 10 nitrogen and oxygen atoms in total. The number of hydrogen-bond acceptors (Lipinski definition) is 5. The maximum absolute atomic E-state index is 12.9. The van der Waals surface area contributed by atoms with Crippen LogP contribution in [-0.4, -0.2) is 81.6 Å². The Balaban J connectivity index is 0.000000166. The number of carbonyl (C=O) groups excluding carboxylic acids is 1. The number of aliphatic carboxylic acids is 1. The number of nitrogens with zero attached hydrogens (tertiary/aromatic N) is 3. The average Bonchev–Trinajstić information content (AvgIpc) is 3.62. The lowest BCUT2D eigenvalue weighted by Gasteiger charge is -2.33. The molecule has 4 heterocycles. The molecule has 2 saturated heterocycles. The van der Waals surface area contributed by atoms with E-state index in [0.717, 1.165) is 98.6 Å². The largest absolute Gasteiger partial charge is 0.480 e. The van der Waals surface area contributed by atoms with E-state index in [4.69, 9.17) is 14.6 Å². The van der Waals surface area contributed by atoms with E-state index >= 15 is 0 Å². The number of likely N-dealkylation sites (N-methyl/N-ethyl adjacent to an activating group) is 1. The van der Waals surface area contributed by atoms with E-state index in [0.29, 0.717) is 29.5 Å². The lowest BCUT2D eigenvalue weighted by Crippen LogP contribution is -2.35. The van der Waals surface area contributed by atoms with Crippen molar-refractivity contribution in [3.63, 3.8) is 0 Å². The van der Waals surface area contributed by atoms with E-state index in [1.54, 1.807) is 6.07 Å². The summed E-state index contributed by atoms with van der Waals surface area (Å²) in [5.74, 6) is 0.823. The topological polar surface area (TPSA) is 123 Å². The summed E-state index contributed by atoms with van der Waals surface area (Å²) in [6, 6.07) is 11.4. The van der Waals surface area contributed by atoms with Gasteiger partial charge in [-0.15, -0.1) is 0 Å². The van der Waals surface area contributed by atoms with Crippen LogP contribution in [0.25, 0.3) is 21.8 Å². The summed E-state index contributed by atoms with van der Waals surface area (Å²) in [6.45, 7) is 5.45. The zero-order valence-corrected chi connectivity index (χ0v) is 30.9. The highest BCUT2D eigenvalue weighted by Crippen LogP contribution is 2.41. The van der Waals surface area contributed by atoms with E-state index in [2.05, 4.69) is 23.2 Å². The molecular formula is C42H53N3O7. The van der Waals surface area contributed by atoms with Crippen molar-refractivity contribution in [1.29, 1.82) is 0 Å². The van der Waals surface area contributed by atoms with Gasteiger partial charge >= 0.3 is 11.9 Å². The van der Waals surface area contributed by atoms with Crippen molar-refractivity contribution in [3.8, 4) is 0 Å². The molecule has 0 bridgehead atoms. The minimum Gasteiger partial charge on any atom is -0.480 e. The third-order valence-electron chi connectivity index (χ3n) is 12.7. The van der Waals surface area contributed by atoms with Crippen molar-refractivity contribution in [3.05, 3.63) is 70.0 Å². The minimum absolute atomic E-state index is 0.216. The number of rotatable bonds is 7. The van der Waals surface area contributed by atoms with Crippen molar-refractivity contribution in [1.82, 2.24) is 14.0 Å². The Hall–Kier alpha value is -4.15. The van der Waals surface area contributed by atoms with Crippen LogP contribution in [0.15, 0.2) is 36.4 Å². The third-order valence-corrected chi connectivity index (χ3v) is 12.7. The number of ether oxygens (including phenoxy) is 2. The molecule has 2 atom stereocenters. The van der Waals surface area contributed by atoms with Gasteiger partial charge in [0.15, 0.2) is 0 Å². The molecule has 52 heavy (non-hydrogen) atoms. The molecule has 10 heteroatoms. The normalized spacial score (nSPS) is 20.9. The highest BCUT2D eigenvalue weighted by atomic mass is 16.5. The number of aromatic nitrogens is 2. The van der Waals surface area contributed by atoms with Gasteiger partial charge in [-0.1, -0.05) is 0 Å². The molecule has 2 N–H and O–H groups in total. The third kappa shape index (κ3) is 7.12. The molecule has 8 rings (SSSR count). The van der Waals surface area contributed by atoms with Gasteiger partial charge in [-0.2, -0.15) is 0 Å². The zero-order valence-electron chi connectivity index (χ0n) is 30.9. The molecular weight excluding hydrogens is 658 g/mol. The Kier molecular flexibility index (Phi) is 10.8. The summed E-state index contributed by atoms with van der Waals surface area (Å²) in [7, 11) is 4.22. The molecule has 1 amide bonds. The molecule has 0 saturated carbocycles. The van der Waals surface area contributed by atoms with Crippen molar-refractivity contribution in [2.45, 2.75) is 71.1 Å². The minimum atomic E-state index is -0.988. The highest BCUT2D eigenvalue weighted by Gasteiger charge is 2.32. The van der Waals surface area contributed by atoms with E-state index in [9.17, 15) is 19.5 Å². The van der Waals surface area contributed by atoms with Crippen LogP contribution in [0.4, 0.5) is 0 Å². The molecule has 2 fully saturated rings. The predicted octanol–water partition coefficient (Wildman–Crippen LogP) is 6.66. The molecule has 0 radical (unpaired) electrons. The van der Waals surface area contributed by atoms with Gasteiger partial charge in [0.25, 0.3) is 5.91 Å². The van der Waals surface area contributed by atoms with Crippen molar-refractivity contribution in [2.75, 3.05) is 39.5 Å². The number of carbonyl (C=O) groups is 3. The van der Waals surface area contributed by atoms with Gasteiger partial charge in [0.05, 0.1) is 5.56 Å². The van der Waals surface area contributed by atoms with E-state index in [1.165, 1.54) is 53.1 Å². The maximum Gasteiger partial charge on any atom is 0.335 e. The number of aryl methyl sites for hydroxylation is 2. The van der Waals surface area contributed by atoms with Crippen LogP contribution in [0, 0.1) is 23.7 Å². The molecule has 2 aliphatic carbocycles. The Labute approximate surface area is 305 Å². The van der Waals surface area contributed by atoms with Crippen LogP contribution < -0.4 is 0 Å². The number of carboxylic acid groups (broad SMARTS) is 2. The van der Waals surface area contributed by atoms with Gasteiger partial charge in [0.1, 0.15) is 6.54 Å². The molecule has 2 aliphatic heterocycles. The SMILES string of the molecule is CCN(CC(=O)O)C(=O)c1ccc2c(c1)c1c(n2C)CCC(C2CCOCC2)C1.Cn1c2c(c3cc(C(=O)O)ccc31)CC(C1CCOCC1)CC2. The van der Waals surface area contributed by atoms with Gasteiger partial charge in [0, 0.05) is 85.8 Å². The number of carboxylic acids is 2. The fraction of sp³-hybridized carbons (Fsp3) is 0.548. The van der Waals surface area contributed by atoms with Crippen molar-refractivity contribution < 1.29 is 34.1 Å². The number of benzene rings is 2. The van der Waals surface area contributed by atoms with Gasteiger partial charge in [-0.3, -0.25) is 9.59 Å². The summed E-state index contributed by atoms with van der Waals surface area (Å²) in [5, 5.41) is 20.7. The monoisotopic (exact) mass is 711 g/mol. The highest BCUT2D eigenvalue weighted by molar-refractivity contribution is 6.00. The second-order valence-electron chi connectivity index (χ2n) is 15.4. The first kappa shape index (κ1) is 36.2. The summed E-state index contributed by atoms with van der Waals surface area (Å²) in [6.07, 6.45) is 11.4. The van der Waals surface area contributed by atoms with Crippen LogP contribution in [0.1, 0.15) is 88.7 Å². The molecule has 2 unspecified atom stereocenters. The van der Waals surface area contributed by atoms with Gasteiger partial charge in [0.2, 0.25) is 0 Å².